The summed E-state index contributed by atoms with van der Waals surface area (Å²) in [7, 11) is 1.70. The van der Waals surface area contributed by atoms with Crippen LogP contribution in [0.25, 0.3) is 0 Å². The van der Waals surface area contributed by atoms with E-state index in [1.165, 1.54) is 10.6 Å². The fourth-order valence-electron chi connectivity index (χ4n) is 3.28. The van der Waals surface area contributed by atoms with E-state index in [9.17, 15) is 0 Å². The van der Waals surface area contributed by atoms with Crippen LogP contribution in [0.2, 0.25) is 0 Å². The highest BCUT2D eigenvalue weighted by Gasteiger charge is 2.28. The number of benzene rings is 1. The number of hydrogen-bond donors (Lipinski definition) is 1. The highest BCUT2D eigenvalue weighted by molar-refractivity contribution is 7.10. The topological polar surface area (TPSA) is 41.7 Å². The number of nitrogens with zero attached hydrogens (tertiary/aromatic N) is 2. The van der Waals surface area contributed by atoms with Crippen molar-refractivity contribution in [2.24, 2.45) is 5.73 Å². The van der Waals surface area contributed by atoms with Crippen LogP contribution in [-0.4, -0.2) is 44.2 Å². The van der Waals surface area contributed by atoms with E-state index in [0.717, 1.165) is 31.9 Å². The van der Waals surface area contributed by atoms with Gasteiger partial charge in [-0.05, 0) is 42.6 Å². The molecule has 1 aliphatic heterocycles. The molecule has 0 spiro atoms. The number of ether oxygens (including phenoxy) is 1. The standard InChI is InChI=1S/C18H25N3OS/c1-14(19)18(17-4-3-13-23-17)21-11-9-20(10-12-21)15-5-7-16(22-2)8-6-15/h3-8,13-14,18H,9-12,19H2,1-2H3/t14-,18+/m1/s1. The molecular weight excluding hydrogens is 306 g/mol. The average molecular weight is 331 g/mol. The lowest BCUT2D eigenvalue weighted by Crippen LogP contribution is -2.50. The van der Waals surface area contributed by atoms with E-state index in [2.05, 4.69) is 46.4 Å². The van der Waals surface area contributed by atoms with Crippen molar-refractivity contribution in [1.29, 1.82) is 0 Å². The van der Waals surface area contributed by atoms with Gasteiger partial charge >= 0.3 is 0 Å². The van der Waals surface area contributed by atoms with E-state index in [0.29, 0.717) is 6.04 Å². The summed E-state index contributed by atoms with van der Waals surface area (Å²) >= 11 is 1.81. The van der Waals surface area contributed by atoms with Gasteiger partial charge in [0.25, 0.3) is 0 Å². The maximum atomic E-state index is 6.27. The van der Waals surface area contributed by atoms with E-state index in [1.54, 1.807) is 18.4 Å². The van der Waals surface area contributed by atoms with Crippen LogP contribution < -0.4 is 15.4 Å². The normalized spacial score (nSPS) is 18.7. The molecule has 0 amide bonds. The average Bonchev–Trinajstić information content (AvgIpc) is 3.09. The Labute approximate surface area is 142 Å². The lowest BCUT2D eigenvalue weighted by molar-refractivity contribution is 0.169. The van der Waals surface area contributed by atoms with Gasteiger partial charge in [-0.1, -0.05) is 6.07 Å². The predicted octanol–water partition coefficient (Wildman–Crippen LogP) is 2.97. The maximum Gasteiger partial charge on any atom is 0.119 e. The zero-order valence-electron chi connectivity index (χ0n) is 13.8. The molecule has 3 rings (SSSR count). The van der Waals surface area contributed by atoms with Crippen LogP contribution in [0, 0.1) is 0 Å². The first kappa shape index (κ1) is 16.3. The van der Waals surface area contributed by atoms with Gasteiger partial charge in [-0.25, -0.2) is 0 Å². The minimum absolute atomic E-state index is 0.140. The van der Waals surface area contributed by atoms with Crippen LogP contribution in [0.15, 0.2) is 41.8 Å². The smallest absolute Gasteiger partial charge is 0.119 e. The Balaban J connectivity index is 1.65. The lowest BCUT2D eigenvalue weighted by atomic mass is 10.1. The number of rotatable bonds is 5. The first-order valence-electron chi connectivity index (χ1n) is 8.11. The second kappa shape index (κ2) is 7.34. The van der Waals surface area contributed by atoms with Crippen LogP contribution in [0.5, 0.6) is 5.75 Å². The first-order chi connectivity index (χ1) is 11.2. The van der Waals surface area contributed by atoms with Gasteiger partial charge in [0.15, 0.2) is 0 Å². The SMILES string of the molecule is COc1ccc(N2CCN([C@H](c3cccs3)[C@@H](C)N)CC2)cc1. The molecule has 4 nitrogen and oxygen atoms in total. The van der Waals surface area contributed by atoms with Crippen molar-refractivity contribution >= 4 is 17.0 Å². The van der Waals surface area contributed by atoms with E-state index < -0.39 is 0 Å². The van der Waals surface area contributed by atoms with Crippen molar-refractivity contribution in [2.75, 3.05) is 38.2 Å². The highest BCUT2D eigenvalue weighted by atomic mass is 32.1. The zero-order chi connectivity index (χ0) is 16.2. The molecule has 5 heteroatoms. The summed E-state index contributed by atoms with van der Waals surface area (Å²) in [6, 6.07) is 13.1. The summed E-state index contributed by atoms with van der Waals surface area (Å²) in [5.41, 5.74) is 7.54. The number of piperazine rings is 1. The van der Waals surface area contributed by atoms with Crippen LogP contribution >= 0.6 is 11.3 Å². The first-order valence-corrected chi connectivity index (χ1v) is 8.99. The Hall–Kier alpha value is -1.56. The molecular formula is C18H25N3OS. The van der Waals surface area contributed by atoms with Crippen LogP contribution in [0.3, 0.4) is 0 Å². The van der Waals surface area contributed by atoms with Gasteiger partial charge in [-0.15, -0.1) is 11.3 Å². The van der Waals surface area contributed by atoms with Gasteiger partial charge < -0.3 is 15.4 Å². The van der Waals surface area contributed by atoms with E-state index >= 15 is 0 Å². The molecule has 1 saturated heterocycles. The molecule has 1 aromatic heterocycles. The van der Waals surface area contributed by atoms with Crippen molar-refractivity contribution in [2.45, 2.75) is 19.0 Å². The molecule has 124 valence electrons. The zero-order valence-corrected chi connectivity index (χ0v) is 14.6. The second-order valence-electron chi connectivity index (χ2n) is 6.04. The summed E-state index contributed by atoms with van der Waals surface area (Å²) in [5, 5.41) is 2.14. The summed E-state index contributed by atoms with van der Waals surface area (Å²) < 4.78 is 5.23. The van der Waals surface area contributed by atoms with Crippen molar-refractivity contribution in [3.63, 3.8) is 0 Å². The molecule has 2 heterocycles. The summed E-state index contributed by atoms with van der Waals surface area (Å²) in [6.45, 7) is 6.24. The molecule has 1 aliphatic rings. The second-order valence-corrected chi connectivity index (χ2v) is 7.02. The van der Waals surface area contributed by atoms with Gasteiger partial charge in [-0.3, -0.25) is 4.90 Å². The van der Waals surface area contributed by atoms with Gasteiger partial charge in [0.05, 0.1) is 13.2 Å². The van der Waals surface area contributed by atoms with Crippen LogP contribution in [-0.2, 0) is 0 Å². The Morgan fingerprint density at radius 2 is 1.78 bits per heavy atom. The largest absolute Gasteiger partial charge is 0.497 e. The molecule has 2 aromatic rings. The van der Waals surface area contributed by atoms with E-state index in [1.807, 2.05) is 12.1 Å². The fourth-order valence-corrected chi connectivity index (χ4v) is 4.26. The van der Waals surface area contributed by atoms with Crippen molar-refractivity contribution < 1.29 is 4.74 Å². The molecule has 1 fully saturated rings. The summed E-state index contributed by atoms with van der Waals surface area (Å²) in [4.78, 5) is 6.33. The number of hydrogen-bond acceptors (Lipinski definition) is 5. The third-order valence-corrected chi connectivity index (χ3v) is 5.42. The van der Waals surface area contributed by atoms with E-state index in [-0.39, 0.29) is 6.04 Å². The molecule has 0 aliphatic carbocycles. The van der Waals surface area contributed by atoms with Gasteiger partial charge in [0.2, 0.25) is 0 Å². The molecule has 23 heavy (non-hydrogen) atoms. The van der Waals surface area contributed by atoms with Gasteiger partial charge in [0.1, 0.15) is 5.75 Å². The minimum atomic E-state index is 0.140. The number of thiophene rings is 1. The lowest BCUT2D eigenvalue weighted by Gasteiger charge is -2.41. The predicted molar refractivity (Wildman–Crippen MR) is 97.5 cm³/mol. The number of anilines is 1. The van der Waals surface area contributed by atoms with Gasteiger partial charge in [0, 0.05) is 42.8 Å². The van der Waals surface area contributed by atoms with Crippen molar-refractivity contribution in [1.82, 2.24) is 4.90 Å². The van der Waals surface area contributed by atoms with E-state index in [4.69, 9.17) is 10.5 Å². The van der Waals surface area contributed by atoms with Crippen LogP contribution in [0.4, 0.5) is 5.69 Å². The maximum absolute atomic E-state index is 6.27. The van der Waals surface area contributed by atoms with Gasteiger partial charge in [-0.2, -0.15) is 0 Å². The number of methoxy groups -OCH3 is 1. The Morgan fingerprint density at radius 3 is 2.30 bits per heavy atom. The summed E-state index contributed by atoms with van der Waals surface area (Å²) in [5.74, 6) is 0.905. The van der Waals surface area contributed by atoms with Crippen molar-refractivity contribution in [3.05, 3.63) is 46.7 Å². The fraction of sp³-hybridized carbons (Fsp3) is 0.444. The highest BCUT2D eigenvalue weighted by Crippen LogP contribution is 2.29. The molecule has 0 unspecified atom stereocenters. The monoisotopic (exact) mass is 331 g/mol. The Morgan fingerprint density at radius 1 is 1.09 bits per heavy atom. The quantitative estimate of drug-likeness (QED) is 0.914. The van der Waals surface area contributed by atoms with Crippen LogP contribution in [0.1, 0.15) is 17.8 Å². The minimum Gasteiger partial charge on any atom is -0.497 e. The Bertz CT molecular complexity index is 589. The third-order valence-electron chi connectivity index (χ3n) is 4.48. The number of nitrogens with two attached hydrogens (primary N) is 1. The molecule has 0 radical (unpaired) electrons. The third kappa shape index (κ3) is 3.68. The van der Waals surface area contributed by atoms with Crippen molar-refractivity contribution in [3.8, 4) is 5.75 Å². The molecule has 2 atom stereocenters. The molecule has 0 bridgehead atoms. The Kier molecular flexibility index (Phi) is 5.20. The summed E-state index contributed by atoms with van der Waals surface area (Å²) in [6.07, 6.45) is 0. The molecule has 2 N–H and O–H groups in total. The molecule has 0 saturated carbocycles. The molecule has 1 aromatic carbocycles.